The average Bonchev–Trinajstić information content (AvgIpc) is 3.11. The van der Waals surface area contributed by atoms with Gasteiger partial charge in [0.25, 0.3) is 0 Å². The molecule has 1 aromatic heterocycles. The van der Waals surface area contributed by atoms with E-state index in [0.717, 1.165) is 22.6 Å². The maximum atomic E-state index is 12.1. The standard InChI is InChI=1S/C20H20N2O3/c1-14-5-3-4-6-17(14)22-19(23)11-12-20-21-13-18(25-20)15-7-9-16(24-2)10-8-15/h3-10,13H,11-12H2,1-2H3,(H,22,23). The molecular weight excluding hydrogens is 316 g/mol. The fourth-order valence-corrected chi connectivity index (χ4v) is 2.46. The second kappa shape index (κ2) is 7.66. The number of hydrogen-bond acceptors (Lipinski definition) is 4. The first kappa shape index (κ1) is 16.8. The van der Waals surface area contributed by atoms with Crippen LogP contribution in [-0.2, 0) is 11.2 Å². The van der Waals surface area contributed by atoms with Crippen molar-refractivity contribution in [1.82, 2.24) is 4.98 Å². The first-order valence-corrected chi connectivity index (χ1v) is 8.10. The lowest BCUT2D eigenvalue weighted by Crippen LogP contribution is -2.13. The van der Waals surface area contributed by atoms with Gasteiger partial charge in [-0.15, -0.1) is 0 Å². The van der Waals surface area contributed by atoms with Crippen molar-refractivity contribution in [2.24, 2.45) is 0 Å². The monoisotopic (exact) mass is 336 g/mol. The lowest BCUT2D eigenvalue weighted by molar-refractivity contribution is -0.116. The van der Waals surface area contributed by atoms with Crippen LogP contribution in [0.2, 0.25) is 0 Å². The van der Waals surface area contributed by atoms with Gasteiger partial charge in [-0.25, -0.2) is 4.98 Å². The van der Waals surface area contributed by atoms with E-state index in [2.05, 4.69) is 10.3 Å². The molecule has 0 aliphatic rings. The number of carbonyl (C=O) groups is 1. The van der Waals surface area contributed by atoms with Gasteiger partial charge in [-0.3, -0.25) is 4.79 Å². The molecule has 0 radical (unpaired) electrons. The summed E-state index contributed by atoms with van der Waals surface area (Å²) in [7, 11) is 1.63. The SMILES string of the molecule is COc1ccc(-c2cnc(CCC(=O)Nc3ccccc3C)o2)cc1. The summed E-state index contributed by atoms with van der Waals surface area (Å²) in [6.45, 7) is 1.96. The summed E-state index contributed by atoms with van der Waals surface area (Å²) in [5, 5.41) is 2.91. The number of nitrogens with one attached hydrogen (secondary N) is 1. The Balaban J connectivity index is 1.58. The van der Waals surface area contributed by atoms with Gasteiger partial charge in [0.15, 0.2) is 11.7 Å². The van der Waals surface area contributed by atoms with Crippen molar-refractivity contribution >= 4 is 11.6 Å². The lowest BCUT2D eigenvalue weighted by atomic mass is 10.2. The minimum Gasteiger partial charge on any atom is -0.497 e. The summed E-state index contributed by atoms with van der Waals surface area (Å²) < 4.78 is 10.9. The third-order valence-electron chi connectivity index (χ3n) is 3.91. The number of carbonyl (C=O) groups excluding carboxylic acids is 1. The third-order valence-corrected chi connectivity index (χ3v) is 3.91. The van der Waals surface area contributed by atoms with Crippen molar-refractivity contribution in [3.05, 3.63) is 66.2 Å². The van der Waals surface area contributed by atoms with Crippen molar-refractivity contribution in [3.8, 4) is 17.1 Å². The Labute approximate surface area is 146 Å². The molecule has 0 saturated carbocycles. The number of oxazole rings is 1. The fraction of sp³-hybridized carbons (Fsp3) is 0.200. The number of amides is 1. The molecule has 0 aliphatic heterocycles. The number of rotatable bonds is 6. The number of para-hydroxylation sites is 1. The maximum absolute atomic E-state index is 12.1. The number of aromatic nitrogens is 1. The van der Waals surface area contributed by atoms with Gasteiger partial charge < -0.3 is 14.5 Å². The second-order valence-corrected chi connectivity index (χ2v) is 5.71. The van der Waals surface area contributed by atoms with Crippen LogP contribution in [0, 0.1) is 6.92 Å². The number of methoxy groups -OCH3 is 1. The van der Waals surface area contributed by atoms with Crippen LogP contribution in [-0.4, -0.2) is 18.0 Å². The van der Waals surface area contributed by atoms with Crippen molar-refractivity contribution in [2.45, 2.75) is 19.8 Å². The van der Waals surface area contributed by atoms with Gasteiger partial charge in [-0.1, -0.05) is 18.2 Å². The molecule has 2 aromatic carbocycles. The summed E-state index contributed by atoms with van der Waals surface area (Å²) in [6.07, 6.45) is 2.45. The smallest absolute Gasteiger partial charge is 0.224 e. The Morgan fingerprint density at radius 3 is 2.64 bits per heavy atom. The van der Waals surface area contributed by atoms with E-state index in [1.165, 1.54) is 0 Å². The van der Waals surface area contributed by atoms with Crippen molar-refractivity contribution < 1.29 is 13.9 Å². The molecule has 0 unspecified atom stereocenters. The van der Waals surface area contributed by atoms with Gasteiger partial charge >= 0.3 is 0 Å². The molecule has 5 nitrogen and oxygen atoms in total. The van der Waals surface area contributed by atoms with E-state index in [1.807, 2.05) is 55.5 Å². The summed E-state index contributed by atoms with van der Waals surface area (Å²) in [4.78, 5) is 16.3. The van der Waals surface area contributed by atoms with Gasteiger partial charge in [0, 0.05) is 24.1 Å². The van der Waals surface area contributed by atoms with Crippen LogP contribution in [0.15, 0.2) is 59.1 Å². The molecule has 1 N–H and O–H groups in total. The zero-order valence-electron chi connectivity index (χ0n) is 14.3. The fourth-order valence-electron chi connectivity index (χ4n) is 2.46. The minimum atomic E-state index is -0.0569. The van der Waals surface area contributed by atoms with Crippen LogP contribution in [0.5, 0.6) is 5.75 Å². The second-order valence-electron chi connectivity index (χ2n) is 5.71. The molecule has 1 amide bonds. The molecule has 1 heterocycles. The Bertz CT molecular complexity index is 853. The Morgan fingerprint density at radius 1 is 1.16 bits per heavy atom. The molecule has 0 fully saturated rings. The lowest BCUT2D eigenvalue weighted by Gasteiger charge is -2.07. The largest absolute Gasteiger partial charge is 0.497 e. The molecule has 25 heavy (non-hydrogen) atoms. The number of benzene rings is 2. The van der Waals surface area contributed by atoms with E-state index in [9.17, 15) is 4.79 Å². The molecule has 128 valence electrons. The first-order valence-electron chi connectivity index (χ1n) is 8.10. The van der Waals surface area contributed by atoms with E-state index in [-0.39, 0.29) is 5.91 Å². The van der Waals surface area contributed by atoms with Crippen LogP contribution in [0.1, 0.15) is 17.9 Å². The van der Waals surface area contributed by atoms with Crippen molar-refractivity contribution in [2.75, 3.05) is 12.4 Å². The van der Waals surface area contributed by atoms with E-state index in [4.69, 9.17) is 9.15 Å². The predicted octanol–water partition coefficient (Wildman–Crippen LogP) is 4.23. The number of anilines is 1. The van der Waals surface area contributed by atoms with Crippen LogP contribution in [0.25, 0.3) is 11.3 Å². The van der Waals surface area contributed by atoms with E-state index in [1.54, 1.807) is 13.3 Å². The highest BCUT2D eigenvalue weighted by Crippen LogP contribution is 2.23. The highest BCUT2D eigenvalue weighted by Gasteiger charge is 2.10. The summed E-state index contributed by atoms with van der Waals surface area (Å²) in [5.74, 6) is 1.96. The zero-order valence-corrected chi connectivity index (χ0v) is 14.3. The normalized spacial score (nSPS) is 10.5. The number of hydrogen-bond donors (Lipinski definition) is 1. The summed E-state index contributed by atoms with van der Waals surface area (Å²) in [6, 6.07) is 15.3. The Hall–Kier alpha value is -3.08. The van der Waals surface area contributed by atoms with E-state index in [0.29, 0.717) is 24.5 Å². The van der Waals surface area contributed by atoms with Crippen LogP contribution in [0.3, 0.4) is 0 Å². The molecule has 0 saturated heterocycles. The summed E-state index contributed by atoms with van der Waals surface area (Å²) >= 11 is 0. The van der Waals surface area contributed by atoms with Gasteiger partial charge in [-0.05, 0) is 42.8 Å². The van der Waals surface area contributed by atoms with Gasteiger partial charge in [0.1, 0.15) is 5.75 Å². The van der Waals surface area contributed by atoms with Crippen molar-refractivity contribution in [3.63, 3.8) is 0 Å². The molecule has 0 spiro atoms. The highest BCUT2D eigenvalue weighted by molar-refractivity contribution is 5.91. The highest BCUT2D eigenvalue weighted by atomic mass is 16.5. The van der Waals surface area contributed by atoms with Gasteiger partial charge in [0.2, 0.25) is 5.91 Å². The Kier molecular flexibility index (Phi) is 5.14. The number of nitrogens with zero attached hydrogens (tertiary/aromatic N) is 1. The number of ether oxygens (including phenoxy) is 1. The molecule has 0 aliphatic carbocycles. The van der Waals surface area contributed by atoms with E-state index < -0.39 is 0 Å². The average molecular weight is 336 g/mol. The molecule has 0 bridgehead atoms. The van der Waals surface area contributed by atoms with Crippen LogP contribution < -0.4 is 10.1 Å². The van der Waals surface area contributed by atoms with Crippen LogP contribution in [0.4, 0.5) is 5.69 Å². The summed E-state index contributed by atoms with van der Waals surface area (Å²) in [5.41, 5.74) is 2.79. The van der Waals surface area contributed by atoms with Crippen molar-refractivity contribution in [1.29, 1.82) is 0 Å². The molecule has 5 heteroatoms. The first-order chi connectivity index (χ1) is 12.2. The van der Waals surface area contributed by atoms with Gasteiger partial charge in [-0.2, -0.15) is 0 Å². The van der Waals surface area contributed by atoms with Crippen LogP contribution >= 0.6 is 0 Å². The van der Waals surface area contributed by atoms with E-state index >= 15 is 0 Å². The maximum Gasteiger partial charge on any atom is 0.224 e. The Morgan fingerprint density at radius 2 is 1.92 bits per heavy atom. The molecule has 0 atom stereocenters. The van der Waals surface area contributed by atoms with Gasteiger partial charge in [0.05, 0.1) is 13.3 Å². The predicted molar refractivity (Wildman–Crippen MR) is 96.6 cm³/mol. The quantitative estimate of drug-likeness (QED) is 0.731. The molecule has 3 aromatic rings. The molecular formula is C20H20N2O3. The molecule has 3 rings (SSSR count). The third kappa shape index (κ3) is 4.26. The zero-order chi connectivity index (χ0) is 17.6. The number of aryl methyl sites for hydroxylation is 2. The topological polar surface area (TPSA) is 64.4 Å². The minimum absolute atomic E-state index is 0.0569.